The lowest BCUT2D eigenvalue weighted by atomic mass is 9.82. The van der Waals surface area contributed by atoms with E-state index >= 15 is 0 Å². The molecule has 0 radical (unpaired) electrons. The number of hydrogen-bond donors (Lipinski definition) is 3. The molecule has 0 saturated heterocycles. The molecule has 3 rings (SSSR count). The zero-order chi connectivity index (χ0) is 15.3. The molecule has 1 aliphatic carbocycles. The van der Waals surface area contributed by atoms with Gasteiger partial charge in [-0.2, -0.15) is 0 Å². The summed E-state index contributed by atoms with van der Waals surface area (Å²) < 4.78 is 0. The summed E-state index contributed by atoms with van der Waals surface area (Å²) in [6.45, 7) is 1.80. The number of rotatable bonds is 1. The Hall–Kier alpha value is -2.82. The maximum Gasteiger partial charge on any atom is 0.201 e. The lowest BCUT2D eigenvalue weighted by molar-refractivity contribution is 0.102. The molecule has 5 heteroatoms. The van der Waals surface area contributed by atoms with E-state index in [1.54, 1.807) is 13.0 Å². The van der Waals surface area contributed by atoms with Crippen molar-refractivity contribution in [2.45, 2.75) is 13.3 Å². The van der Waals surface area contributed by atoms with Crippen LogP contribution in [0.25, 0.3) is 0 Å². The molecule has 5 nitrogen and oxygen atoms in total. The highest BCUT2D eigenvalue weighted by Crippen LogP contribution is 2.41. The molecule has 0 heterocycles. The van der Waals surface area contributed by atoms with E-state index < -0.39 is 11.5 Å². The second-order valence-electron chi connectivity index (χ2n) is 5.13. The third-order valence-corrected chi connectivity index (χ3v) is 3.70. The topological polar surface area (TPSA) is 94.8 Å². The Kier molecular flexibility index (Phi) is 2.73. The highest BCUT2D eigenvalue weighted by Gasteiger charge is 2.31. The number of carbonyl (C=O) groups excluding carboxylic acids is 2. The van der Waals surface area contributed by atoms with E-state index in [0.717, 1.165) is 5.56 Å². The molecule has 0 unspecified atom stereocenters. The lowest BCUT2D eigenvalue weighted by Gasteiger charge is -2.21. The third-order valence-electron chi connectivity index (χ3n) is 3.70. The number of phenols is 3. The van der Waals surface area contributed by atoms with Crippen LogP contribution in [0.15, 0.2) is 18.2 Å². The molecule has 0 saturated carbocycles. The summed E-state index contributed by atoms with van der Waals surface area (Å²) in [6.07, 6.45) is 0.578. The summed E-state index contributed by atoms with van der Waals surface area (Å²) >= 11 is 0. The van der Waals surface area contributed by atoms with E-state index in [1.165, 1.54) is 12.1 Å². The van der Waals surface area contributed by atoms with Gasteiger partial charge in [-0.05, 0) is 42.2 Å². The predicted molar refractivity (Wildman–Crippen MR) is 74.2 cm³/mol. The average Bonchev–Trinajstić information content (AvgIpc) is 2.37. The smallest absolute Gasteiger partial charge is 0.201 e. The Morgan fingerprint density at radius 2 is 1.67 bits per heavy atom. The first-order valence-corrected chi connectivity index (χ1v) is 6.34. The Bertz CT molecular complexity index is 805. The van der Waals surface area contributed by atoms with E-state index in [-0.39, 0.29) is 34.6 Å². The van der Waals surface area contributed by atoms with Gasteiger partial charge < -0.3 is 15.3 Å². The molecule has 21 heavy (non-hydrogen) atoms. The van der Waals surface area contributed by atoms with E-state index in [9.17, 15) is 24.9 Å². The van der Waals surface area contributed by atoms with Crippen molar-refractivity contribution in [3.05, 3.63) is 51.6 Å². The maximum atomic E-state index is 12.5. The lowest BCUT2D eigenvalue weighted by Crippen LogP contribution is -2.16. The minimum Gasteiger partial charge on any atom is -0.507 e. The van der Waals surface area contributed by atoms with Crippen LogP contribution in [0, 0.1) is 6.92 Å². The van der Waals surface area contributed by atoms with E-state index in [2.05, 4.69) is 0 Å². The first-order valence-electron chi connectivity index (χ1n) is 6.34. The summed E-state index contributed by atoms with van der Waals surface area (Å²) in [6, 6.07) is 4.55. The largest absolute Gasteiger partial charge is 0.507 e. The molecule has 0 aliphatic heterocycles. The quantitative estimate of drug-likeness (QED) is 0.594. The molecule has 0 amide bonds. The summed E-state index contributed by atoms with van der Waals surface area (Å²) in [4.78, 5) is 23.4. The van der Waals surface area contributed by atoms with Gasteiger partial charge in [-0.15, -0.1) is 0 Å². The number of hydrogen-bond acceptors (Lipinski definition) is 5. The molecule has 0 spiro atoms. The van der Waals surface area contributed by atoms with Gasteiger partial charge in [0.05, 0.1) is 16.7 Å². The summed E-state index contributed by atoms with van der Waals surface area (Å²) in [5.74, 6) is -1.62. The van der Waals surface area contributed by atoms with Crippen molar-refractivity contribution in [3.8, 4) is 17.2 Å². The van der Waals surface area contributed by atoms with Gasteiger partial charge in [-0.3, -0.25) is 9.59 Å². The fourth-order valence-electron chi connectivity index (χ4n) is 2.80. The molecule has 2 aromatic carbocycles. The van der Waals surface area contributed by atoms with Crippen molar-refractivity contribution < 1.29 is 24.9 Å². The Morgan fingerprint density at radius 1 is 1.00 bits per heavy atom. The second-order valence-corrected chi connectivity index (χ2v) is 5.13. The molecule has 0 bridgehead atoms. The molecule has 0 fully saturated rings. The van der Waals surface area contributed by atoms with Crippen LogP contribution in [-0.4, -0.2) is 27.4 Å². The monoisotopic (exact) mass is 284 g/mol. The molecule has 2 aromatic rings. The summed E-state index contributed by atoms with van der Waals surface area (Å²) in [5, 5.41) is 29.8. The van der Waals surface area contributed by atoms with Gasteiger partial charge >= 0.3 is 0 Å². The predicted octanol–water partition coefficient (Wildman–Crippen LogP) is 2.06. The van der Waals surface area contributed by atoms with Crippen LogP contribution in [0.5, 0.6) is 17.2 Å². The van der Waals surface area contributed by atoms with Gasteiger partial charge in [0.25, 0.3) is 0 Å². The molecular weight excluding hydrogens is 272 g/mol. The molecule has 0 atom stereocenters. The average molecular weight is 284 g/mol. The van der Waals surface area contributed by atoms with Crippen molar-refractivity contribution in [1.82, 2.24) is 0 Å². The zero-order valence-corrected chi connectivity index (χ0v) is 11.2. The van der Waals surface area contributed by atoms with Crippen molar-refractivity contribution in [1.29, 1.82) is 0 Å². The zero-order valence-electron chi connectivity index (χ0n) is 11.2. The van der Waals surface area contributed by atoms with Crippen LogP contribution in [0.4, 0.5) is 0 Å². The Labute approximate surface area is 120 Å². The first kappa shape index (κ1) is 13.2. The SMILES string of the molecule is Cc1cc(O)c2c(c1)Cc1cc(O)c(C=O)c(O)c1C2=O. The van der Waals surface area contributed by atoms with Gasteiger partial charge in [0, 0.05) is 0 Å². The molecular formula is C16H12O5. The molecule has 106 valence electrons. The standard InChI is InChI=1S/C16H12O5/c1-7-2-8-4-9-5-11(18)10(6-17)15(20)14(9)16(21)13(8)12(19)3-7/h2-3,5-6,18-20H,4H2,1H3. The third kappa shape index (κ3) is 1.78. The summed E-state index contributed by atoms with van der Waals surface area (Å²) in [5.41, 5.74) is 1.63. The number of fused-ring (bicyclic) bond motifs is 2. The number of carbonyl (C=O) groups is 2. The van der Waals surface area contributed by atoms with E-state index in [1.807, 2.05) is 0 Å². The normalized spacial score (nSPS) is 12.7. The molecule has 1 aliphatic rings. The number of phenolic OH excluding ortho intramolecular Hbond substituents is 3. The van der Waals surface area contributed by atoms with Crippen LogP contribution in [0.3, 0.4) is 0 Å². The van der Waals surface area contributed by atoms with Crippen molar-refractivity contribution in [2.24, 2.45) is 0 Å². The van der Waals surface area contributed by atoms with Crippen molar-refractivity contribution in [3.63, 3.8) is 0 Å². The van der Waals surface area contributed by atoms with Gasteiger partial charge in [0.2, 0.25) is 5.78 Å². The Balaban J connectivity index is 2.31. The minimum atomic E-state index is -0.552. The highest BCUT2D eigenvalue weighted by molar-refractivity contribution is 6.16. The fraction of sp³-hybridized carbons (Fsp3) is 0.125. The van der Waals surface area contributed by atoms with E-state index in [4.69, 9.17) is 0 Å². The second kappa shape index (κ2) is 4.34. The number of ketones is 1. The number of benzene rings is 2. The van der Waals surface area contributed by atoms with Crippen molar-refractivity contribution in [2.75, 3.05) is 0 Å². The van der Waals surface area contributed by atoms with Crippen LogP contribution >= 0.6 is 0 Å². The van der Waals surface area contributed by atoms with Gasteiger partial charge in [0.15, 0.2) is 6.29 Å². The van der Waals surface area contributed by atoms with Crippen LogP contribution in [0.1, 0.15) is 43.0 Å². The van der Waals surface area contributed by atoms with Crippen molar-refractivity contribution >= 4 is 12.1 Å². The first-order chi connectivity index (χ1) is 9.93. The van der Waals surface area contributed by atoms with E-state index in [0.29, 0.717) is 17.4 Å². The maximum absolute atomic E-state index is 12.5. The van der Waals surface area contributed by atoms with Crippen LogP contribution < -0.4 is 0 Å². The number of aldehydes is 1. The Morgan fingerprint density at radius 3 is 2.33 bits per heavy atom. The van der Waals surface area contributed by atoms with Gasteiger partial charge in [0.1, 0.15) is 17.2 Å². The van der Waals surface area contributed by atoms with Crippen LogP contribution in [-0.2, 0) is 6.42 Å². The molecule has 3 N–H and O–H groups in total. The van der Waals surface area contributed by atoms with Gasteiger partial charge in [-0.1, -0.05) is 6.07 Å². The minimum absolute atomic E-state index is 0.0402. The number of aromatic hydroxyl groups is 3. The van der Waals surface area contributed by atoms with Crippen LogP contribution in [0.2, 0.25) is 0 Å². The summed E-state index contributed by atoms with van der Waals surface area (Å²) in [7, 11) is 0. The highest BCUT2D eigenvalue weighted by atomic mass is 16.3. The molecule has 0 aromatic heterocycles. The van der Waals surface area contributed by atoms with Gasteiger partial charge in [-0.25, -0.2) is 0 Å². The fourth-order valence-corrected chi connectivity index (χ4v) is 2.80. The number of aryl methyl sites for hydroxylation is 1.